The molecule has 0 fully saturated rings. The first-order valence-corrected chi connectivity index (χ1v) is 7.97. The van der Waals surface area contributed by atoms with Gasteiger partial charge in [-0.1, -0.05) is 60.7 Å². The van der Waals surface area contributed by atoms with Crippen molar-refractivity contribution in [1.82, 2.24) is 4.98 Å². The topological polar surface area (TPSA) is 16.1 Å². The Balaban J connectivity index is 1.66. The van der Waals surface area contributed by atoms with Gasteiger partial charge in [-0.3, -0.25) is 0 Å². The fraction of sp³-hybridized carbons (Fsp3) is 0.167. The fourth-order valence-corrected chi connectivity index (χ4v) is 3.05. The van der Waals surface area contributed by atoms with Crippen molar-refractivity contribution in [3.05, 3.63) is 71.6 Å². The van der Waals surface area contributed by atoms with Gasteiger partial charge in [0.25, 0.3) is 0 Å². The first kappa shape index (κ1) is 13.8. The lowest BCUT2D eigenvalue weighted by atomic mass is 10.1. The molecule has 0 aliphatic rings. The monoisotopic (exact) mass is 294 g/mol. The number of rotatable bonds is 5. The number of nitrogens with zero attached hydrogens (tertiary/aromatic N) is 2. The maximum Gasteiger partial charge on any atom is 0.185 e. The SMILES string of the molecule is CN(CCc1ccccc1)c1nc(-c2ccccc2)cs1. The average Bonchev–Trinajstić information content (AvgIpc) is 3.04. The molecule has 2 nitrogen and oxygen atoms in total. The number of aromatic nitrogens is 1. The summed E-state index contributed by atoms with van der Waals surface area (Å²) in [5.41, 5.74) is 3.60. The molecule has 0 bridgehead atoms. The van der Waals surface area contributed by atoms with E-state index in [1.54, 1.807) is 11.3 Å². The summed E-state index contributed by atoms with van der Waals surface area (Å²) < 4.78 is 0. The van der Waals surface area contributed by atoms with Crippen LogP contribution < -0.4 is 4.90 Å². The van der Waals surface area contributed by atoms with Crippen LogP contribution in [0.2, 0.25) is 0 Å². The standard InChI is InChI=1S/C18H18N2S/c1-20(13-12-15-8-4-2-5-9-15)18-19-17(14-21-18)16-10-6-3-7-11-16/h2-11,14H,12-13H2,1H3. The molecule has 1 heterocycles. The minimum Gasteiger partial charge on any atom is -0.351 e. The molecule has 3 rings (SSSR count). The second kappa shape index (κ2) is 6.55. The molecule has 0 aliphatic heterocycles. The summed E-state index contributed by atoms with van der Waals surface area (Å²) in [6.07, 6.45) is 1.04. The zero-order chi connectivity index (χ0) is 14.5. The first-order chi connectivity index (χ1) is 10.3. The summed E-state index contributed by atoms with van der Waals surface area (Å²) in [6, 6.07) is 20.9. The number of thiazole rings is 1. The molecule has 0 amide bonds. The van der Waals surface area contributed by atoms with Crippen LogP contribution in [0.3, 0.4) is 0 Å². The molecule has 0 aliphatic carbocycles. The predicted octanol–water partition coefficient (Wildman–Crippen LogP) is 4.49. The van der Waals surface area contributed by atoms with Gasteiger partial charge in [-0.15, -0.1) is 11.3 Å². The summed E-state index contributed by atoms with van der Waals surface area (Å²) in [6.45, 7) is 0.978. The van der Waals surface area contributed by atoms with E-state index >= 15 is 0 Å². The van der Waals surface area contributed by atoms with Gasteiger partial charge in [-0.05, 0) is 12.0 Å². The predicted molar refractivity (Wildman–Crippen MR) is 91.0 cm³/mol. The molecule has 0 spiro atoms. The van der Waals surface area contributed by atoms with E-state index in [9.17, 15) is 0 Å². The van der Waals surface area contributed by atoms with Crippen molar-refractivity contribution >= 4 is 16.5 Å². The van der Waals surface area contributed by atoms with Crippen LogP contribution in [0.15, 0.2) is 66.0 Å². The number of anilines is 1. The Morgan fingerprint density at radius 3 is 2.33 bits per heavy atom. The minimum atomic E-state index is 0.978. The second-order valence-electron chi connectivity index (χ2n) is 5.04. The van der Waals surface area contributed by atoms with E-state index in [-0.39, 0.29) is 0 Å². The van der Waals surface area contributed by atoms with E-state index in [1.165, 1.54) is 11.1 Å². The molecule has 1 aromatic heterocycles. The number of hydrogen-bond donors (Lipinski definition) is 0. The molecule has 21 heavy (non-hydrogen) atoms. The quantitative estimate of drug-likeness (QED) is 0.689. The highest BCUT2D eigenvalue weighted by molar-refractivity contribution is 7.14. The fourth-order valence-electron chi connectivity index (χ4n) is 2.22. The van der Waals surface area contributed by atoms with Crippen LogP contribution in [0.4, 0.5) is 5.13 Å². The van der Waals surface area contributed by atoms with Crippen molar-refractivity contribution in [2.75, 3.05) is 18.5 Å². The van der Waals surface area contributed by atoms with Crippen LogP contribution >= 0.6 is 11.3 Å². The molecule has 3 aromatic rings. The smallest absolute Gasteiger partial charge is 0.185 e. The van der Waals surface area contributed by atoms with Gasteiger partial charge in [0, 0.05) is 24.5 Å². The molecule has 3 heteroatoms. The first-order valence-electron chi connectivity index (χ1n) is 7.09. The lowest BCUT2D eigenvalue weighted by Crippen LogP contribution is -2.20. The van der Waals surface area contributed by atoms with Crippen LogP contribution in [0.1, 0.15) is 5.56 Å². The van der Waals surface area contributed by atoms with E-state index in [2.05, 4.69) is 59.8 Å². The van der Waals surface area contributed by atoms with Crippen LogP contribution in [-0.4, -0.2) is 18.6 Å². The van der Waals surface area contributed by atoms with Crippen molar-refractivity contribution in [3.63, 3.8) is 0 Å². The van der Waals surface area contributed by atoms with Crippen molar-refractivity contribution < 1.29 is 0 Å². The van der Waals surface area contributed by atoms with Gasteiger partial charge in [-0.25, -0.2) is 4.98 Å². The van der Waals surface area contributed by atoms with Crippen LogP contribution in [0.25, 0.3) is 11.3 Å². The molecule has 0 radical (unpaired) electrons. The van der Waals surface area contributed by atoms with Gasteiger partial charge in [0.1, 0.15) is 0 Å². The normalized spacial score (nSPS) is 10.5. The zero-order valence-electron chi connectivity index (χ0n) is 12.1. The Bertz CT molecular complexity index is 677. The maximum absolute atomic E-state index is 4.74. The van der Waals surface area contributed by atoms with Gasteiger partial charge >= 0.3 is 0 Å². The Morgan fingerprint density at radius 2 is 1.62 bits per heavy atom. The molecule has 2 aromatic carbocycles. The third-order valence-electron chi connectivity index (χ3n) is 3.47. The highest BCUT2D eigenvalue weighted by Crippen LogP contribution is 2.26. The average molecular weight is 294 g/mol. The molecular weight excluding hydrogens is 276 g/mol. The highest BCUT2D eigenvalue weighted by atomic mass is 32.1. The molecule has 0 saturated heterocycles. The summed E-state index contributed by atoms with van der Waals surface area (Å²) in [5.74, 6) is 0. The number of benzene rings is 2. The Hall–Kier alpha value is -2.13. The zero-order valence-corrected chi connectivity index (χ0v) is 12.9. The second-order valence-corrected chi connectivity index (χ2v) is 5.88. The van der Waals surface area contributed by atoms with Crippen molar-refractivity contribution in [3.8, 4) is 11.3 Å². The van der Waals surface area contributed by atoms with Gasteiger partial charge in [-0.2, -0.15) is 0 Å². The van der Waals surface area contributed by atoms with Crippen LogP contribution in [0, 0.1) is 0 Å². The highest BCUT2D eigenvalue weighted by Gasteiger charge is 2.08. The van der Waals surface area contributed by atoms with Crippen LogP contribution in [0.5, 0.6) is 0 Å². The maximum atomic E-state index is 4.74. The van der Waals surface area contributed by atoms with E-state index in [0.717, 1.165) is 23.8 Å². The number of likely N-dealkylation sites (N-methyl/N-ethyl adjacent to an activating group) is 1. The van der Waals surface area contributed by atoms with Crippen molar-refractivity contribution in [2.24, 2.45) is 0 Å². The van der Waals surface area contributed by atoms with Gasteiger partial charge in [0.15, 0.2) is 5.13 Å². The number of hydrogen-bond acceptors (Lipinski definition) is 3. The Labute approximate surface area is 129 Å². The third kappa shape index (κ3) is 3.50. The van der Waals surface area contributed by atoms with Crippen molar-refractivity contribution in [1.29, 1.82) is 0 Å². The largest absolute Gasteiger partial charge is 0.351 e. The lowest BCUT2D eigenvalue weighted by Gasteiger charge is -2.15. The molecular formula is C18H18N2S. The minimum absolute atomic E-state index is 0.978. The Morgan fingerprint density at radius 1 is 0.952 bits per heavy atom. The van der Waals surface area contributed by atoms with E-state index < -0.39 is 0 Å². The lowest BCUT2D eigenvalue weighted by molar-refractivity contribution is 0.872. The van der Waals surface area contributed by atoms with Gasteiger partial charge < -0.3 is 4.90 Å². The molecule has 0 N–H and O–H groups in total. The molecule has 0 unspecified atom stereocenters. The van der Waals surface area contributed by atoms with Gasteiger partial charge in [0.2, 0.25) is 0 Å². The van der Waals surface area contributed by atoms with Gasteiger partial charge in [0.05, 0.1) is 5.69 Å². The summed E-state index contributed by atoms with van der Waals surface area (Å²) in [7, 11) is 2.11. The molecule has 0 saturated carbocycles. The van der Waals surface area contributed by atoms with E-state index in [1.807, 2.05) is 18.2 Å². The third-order valence-corrected chi connectivity index (χ3v) is 4.42. The summed E-state index contributed by atoms with van der Waals surface area (Å²) >= 11 is 1.70. The van der Waals surface area contributed by atoms with Crippen LogP contribution in [-0.2, 0) is 6.42 Å². The van der Waals surface area contributed by atoms with E-state index in [4.69, 9.17) is 4.98 Å². The summed E-state index contributed by atoms with van der Waals surface area (Å²) in [4.78, 5) is 6.96. The summed E-state index contributed by atoms with van der Waals surface area (Å²) in [5, 5.41) is 3.20. The van der Waals surface area contributed by atoms with Crippen molar-refractivity contribution in [2.45, 2.75) is 6.42 Å². The Kier molecular flexibility index (Phi) is 4.31. The molecule has 0 atom stereocenters. The van der Waals surface area contributed by atoms with E-state index in [0.29, 0.717) is 0 Å². The molecule has 106 valence electrons.